The number of amides is 1. The fourth-order valence-corrected chi connectivity index (χ4v) is 4.31. The molecule has 1 fully saturated rings. The van der Waals surface area contributed by atoms with Crippen LogP contribution in [0.3, 0.4) is 0 Å². The van der Waals surface area contributed by atoms with Gasteiger partial charge in [0.25, 0.3) is 5.91 Å². The lowest BCUT2D eigenvalue weighted by Crippen LogP contribution is -2.36. The number of nitrogens with one attached hydrogen (secondary N) is 1. The Bertz CT molecular complexity index is 635. The van der Waals surface area contributed by atoms with E-state index in [4.69, 9.17) is 0 Å². The van der Waals surface area contributed by atoms with Gasteiger partial charge in [0.1, 0.15) is 0 Å². The van der Waals surface area contributed by atoms with Crippen LogP contribution in [0, 0.1) is 0 Å². The lowest BCUT2D eigenvalue weighted by Gasteiger charge is -2.22. The zero-order valence-electron chi connectivity index (χ0n) is 14.6. The Hall–Kier alpha value is -1.40. The molecule has 24 heavy (non-hydrogen) atoms. The van der Waals surface area contributed by atoms with Crippen molar-refractivity contribution >= 4 is 15.9 Å². The summed E-state index contributed by atoms with van der Waals surface area (Å²) in [5.41, 5.74) is 0.519. The Labute approximate surface area is 145 Å². The van der Waals surface area contributed by atoms with Crippen LogP contribution in [0.1, 0.15) is 62.2 Å². The van der Waals surface area contributed by atoms with Gasteiger partial charge in [0.15, 0.2) is 0 Å². The van der Waals surface area contributed by atoms with E-state index in [9.17, 15) is 13.2 Å². The average molecular weight is 353 g/mol. The number of nitrogens with zero attached hydrogens (tertiary/aromatic N) is 1. The second-order valence-corrected chi connectivity index (χ2v) is 8.27. The van der Waals surface area contributed by atoms with Crippen LogP contribution in [0.25, 0.3) is 0 Å². The van der Waals surface area contributed by atoms with Crippen LogP contribution < -0.4 is 4.72 Å². The van der Waals surface area contributed by atoms with E-state index in [2.05, 4.69) is 11.6 Å². The standard InChI is InChI=1S/C18H28N2O3S/c1-3-4-14-20(2)18(21)15-10-12-17(13-11-15)24(22,23)19-16-8-6-5-7-9-16/h10-13,16,19H,3-9,14H2,1-2H3. The van der Waals surface area contributed by atoms with E-state index in [-0.39, 0.29) is 16.8 Å². The molecule has 0 spiro atoms. The molecule has 0 aromatic heterocycles. The summed E-state index contributed by atoms with van der Waals surface area (Å²) >= 11 is 0. The maximum absolute atomic E-state index is 12.5. The fraction of sp³-hybridized carbons (Fsp3) is 0.611. The van der Waals surface area contributed by atoms with Crippen molar-refractivity contribution in [2.45, 2.75) is 62.8 Å². The average Bonchev–Trinajstić information content (AvgIpc) is 2.59. The van der Waals surface area contributed by atoms with E-state index < -0.39 is 10.0 Å². The predicted octanol–water partition coefficient (Wildman–Crippen LogP) is 3.17. The molecule has 1 aliphatic carbocycles. The highest BCUT2D eigenvalue weighted by molar-refractivity contribution is 7.89. The van der Waals surface area contributed by atoms with Crippen LogP contribution in [0.4, 0.5) is 0 Å². The van der Waals surface area contributed by atoms with Gasteiger partial charge in [0.2, 0.25) is 10.0 Å². The highest BCUT2D eigenvalue weighted by Gasteiger charge is 2.22. The number of hydrogen-bond acceptors (Lipinski definition) is 3. The normalized spacial score (nSPS) is 16.1. The first kappa shape index (κ1) is 18.9. The minimum absolute atomic E-state index is 0.0326. The third-order valence-electron chi connectivity index (χ3n) is 4.53. The van der Waals surface area contributed by atoms with Crippen LogP contribution in [-0.2, 0) is 10.0 Å². The van der Waals surface area contributed by atoms with Crippen molar-refractivity contribution in [2.75, 3.05) is 13.6 Å². The van der Waals surface area contributed by atoms with E-state index in [1.54, 1.807) is 24.1 Å². The van der Waals surface area contributed by atoms with Crippen LogP contribution in [-0.4, -0.2) is 38.9 Å². The summed E-state index contributed by atoms with van der Waals surface area (Å²) in [5.74, 6) is -0.0763. The van der Waals surface area contributed by atoms with Gasteiger partial charge in [-0.1, -0.05) is 32.6 Å². The number of rotatable bonds is 7. The summed E-state index contributed by atoms with van der Waals surface area (Å²) in [5, 5.41) is 0. The quantitative estimate of drug-likeness (QED) is 0.819. The molecule has 6 heteroatoms. The molecule has 2 rings (SSSR count). The zero-order valence-corrected chi connectivity index (χ0v) is 15.4. The Morgan fingerprint density at radius 2 is 1.79 bits per heavy atom. The molecule has 1 saturated carbocycles. The summed E-state index contributed by atoms with van der Waals surface area (Å²) in [4.78, 5) is 14.2. The van der Waals surface area contributed by atoms with Crippen LogP contribution >= 0.6 is 0 Å². The first-order chi connectivity index (χ1) is 11.4. The molecule has 0 radical (unpaired) electrons. The summed E-state index contributed by atoms with van der Waals surface area (Å²) in [6.07, 6.45) is 7.12. The molecule has 1 N–H and O–H groups in total. The van der Waals surface area contributed by atoms with Gasteiger partial charge in [-0.15, -0.1) is 0 Å². The van der Waals surface area contributed by atoms with Gasteiger partial charge in [0, 0.05) is 25.2 Å². The molecular weight excluding hydrogens is 324 g/mol. The third kappa shape index (κ3) is 5.05. The zero-order chi connectivity index (χ0) is 17.6. The molecular formula is C18H28N2O3S. The van der Waals surface area contributed by atoms with Crippen molar-refractivity contribution in [1.29, 1.82) is 0 Å². The molecule has 0 aliphatic heterocycles. The number of sulfonamides is 1. The van der Waals surface area contributed by atoms with Gasteiger partial charge in [-0.3, -0.25) is 4.79 Å². The predicted molar refractivity (Wildman–Crippen MR) is 95.5 cm³/mol. The van der Waals surface area contributed by atoms with E-state index in [0.29, 0.717) is 12.1 Å². The monoisotopic (exact) mass is 352 g/mol. The SMILES string of the molecule is CCCCN(C)C(=O)c1ccc(S(=O)(=O)NC2CCCCC2)cc1. The topological polar surface area (TPSA) is 66.5 Å². The second-order valence-electron chi connectivity index (χ2n) is 6.56. The third-order valence-corrected chi connectivity index (χ3v) is 6.07. The van der Waals surface area contributed by atoms with Gasteiger partial charge in [0.05, 0.1) is 4.90 Å². The lowest BCUT2D eigenvalue weighted by molar-refractivity contribution is 0.0793. The van der Waals surface area contributed by atoms with E-state index >= 15 is 0 Å². The molecule has 1 aromatic carbocycles. The minimum Gasteiger partial charge on any atom is -0.342 e. The van der Waals surface area contributed by atoms with E-state index in [1.807, 2.05) is 0 Å². The highest BCUT2D eigenvalue weighted by Crippen LogP contribution is 2.20. The smallest absolute Gasteiger partial charge is 0.253 e. The van der Waals surface area contributed by atoms with Crippen molar-refractivity contribution < 1.29 is 13.2 Å². The minimum atomic E-state index is -3.51. The molecule has 0 unspecified atom stereocenters. The summed E-state index contributed by atoms with van der Waals surface area (Å²) < 4.78 is 27.7. The summed E-state index contributed by atoms with van der Waals surface area (Å²) in [6.45, 7) is 2.79. The number of unbranched alkanes of at least 4 members (excludes halogenated alkanes) is 1. The van der Waals surface area contributed by atoms with Crippen molar-refractivity contribution in [3.63, 3.8) is 0 Å². The molecule has 1 amide bonds. The summed E-state index contributed by atoms with van der Waals surface area (Å²) in [6, 6.07) is 6.27. The molecule has 0 saturated heterocycles. The molecule has 5 nitrogen and oxygen atoms in total. The van der Waals surface area contributed by atoms with Crippen LogP contribution in [0.15, 0.2) is 29.2 Å². The number of carbonyl (C=O) groups excluding carboxylic acids is 1. The Morgan fingerprint density at radius 1 is 1.17 bits per heavy atom. The maximum atomic E-state index is 12.5. The highest BCUT2D eigenvalue weighted by atomic mass is 32.2. The Balaban J connectivity index is 2.03. The van der Waals surface area contributed by atoms with Crippen molar-refractivity contribution in [3.05, 3.63) is 29.8 Å². The second kappa shape index (κ2) is 8.62. The van der Waals surface area contributed by atoms with Crippen LogP contribution in [0.5, 0.6) is 0 Å². The van der Waals surface area contributed by atoms with Crippen molar-refractivity contribution in [2.24, 2.45) is 0 Å². The Kier molecular flexibility index (Phi) is 6.80. The molecule has 0 atom stereocenters. The Morgan fingerprint density at radius 3 is 2.38 bits per heavy atom. The molecule has 1 aliphatic rings. The molecule has 0 bridgehead atoms. The van der Waals surface area contributed by atoms with Gasteiger partial charge in [-0.25, -0.2) is 13.1 Å². The number of carbonyl (C=O) groups is 1. The largest absolute Gasteiger partial charge is 0.342 e. The number of benzene rings is 1. The molecule has 1 aromatic rings. The van der Waals surface area contributed by atoms with E-state index in [0.717, 1.165) is 38.5 Å². The van der Waals surface area contributed by atoms with E-state index in [1.165, 1.54) is 18.6 Å². The van der Waals surface area contributed by atoms with Crippen LogP contribution in [0.2, 0.25) is 0 Å². The first-order valence-electron chi connectivity index (χ1n) is 8.82. The van der Waals surface area contributed by atoms with Gasteiger partial charge >= 0.3 is 0 Å². The first-order valence-corrected chi connectivity index (χ1v) is 10.3. The lowest BCUT2D eigenvalue weighted by atomic mass is 9.96. The summed E-state index contributed by atoms with van der Waals surface area (Å²) in [7, 11) is -1.74. The van der Waals surface area contributed by atoms with Gasteiger partial charge in [-0.05, 0) is 43.5 Å². The maximum Gasteiger partial charge on any atom is 0.253 e. The van der Waals surface area contributed by atoms with Crippen molar-refractivity contribution in [3.8, 4) is 0 Å². The fourth-order valence-electron chi connectivity index (χ4n) is 3.00. The van der Waals surface area contributed by atoms with Crippen molar-refractivity contribution in [1.82, 2.24) is 9.62 Å². The van der Waals surface area contributed by atoms with Gasteiger partial charge in [-0.2, -0.15) is 0 Å². The number of hydrogen-bond donors (Lipinski definition) is 1. The molecule has 0 heterocycles. The molecule has 134 valence electrons. The van der Waals surface area contributed by atoms with Gasteiger partial charge < -0.3 is 4.90 Å².